The second-order valence-corrected chi connectivity index (χ2v) is 4.00. The molecule has 0 aromatic carbocycles. The normalized spacial score (nSPS) is 23.8. The van der Waals surface area contributed by atoms with Crippen LogP contribution in [0.1, 0.15) is 25.7 Å². The summed E-state index contributed by atoms with van der Waals surface area (Å²) in [5, 5.41) is 22.1. The first kappa shape index (κ1) is 13.6. The van der Waals surface area contributed by atoms with Gasteiger partial charge in [0.25, 0.3) is 0 Å². The molecule has 0 aliphatic heterocycles. The predicted octanol–water partition coefficient (Wildman–Crippen LogP) is 0.284. The van der Waals surface area contributed by atoms with E-state index in [1.807, 2.05) is 0 Å². The fourth-order valence-electron chi connectivity index (χ4n) is 1.90. The maximum atomic E-state index is 11.2. The second kappa shape index (κ2) is 6.95. The highest BCUT2D eigenvalue weighted by molar-refractivity contribution is 5.67. The number of carbonyl (C=O) groups is 2. The summed E-state index contributed by atoms with van der Waals surface area (Å²) in [7, 11) is 0. The zero-order valence-corrected chi connectivity index (χ0v) is 9.52. The van der Waals surface area contributed by atoms with Crippen molar-refractivity contribution in [2.75, 3.05) is 13.2 Å². The zero-order chi connectivity index (χ0) is 12.7. The van der Waals surface area contributed by atoms with Crippen LogP contribution in [0.5, 0.6) is 0 Å². The number of carbonyl (C=O) groups excluding carboxylic acids is 1. The molecule has 0 radical (unpaired) electrons. The Kier molecular flexibility index (Phi) is 5.55. The molecule has 1 fully saturated rings. The van der Waals surface area contributed by atoms with Crippen molar-refractivity contribution in [3.63, 3.8) is 0 Å². The number of ether oxygens (including phenoxy) is 1. The monoisotopic (exact) mass is 246 g/mol. The van der Waals surface area contributed by atoms with Crippen LogP contribution in [-0.2, 0) is 4.74 Å². The third kappa shape index (κ3) is 5.39. The number of carboxylic acid groups (broad SMARTS) is 1. The molecule has 7 nitrogen and oxygen atoms in total. The van der Waals surface area contributed by atoms with E-state index in [0.29, 0.717) is 12.8 Å². The predicted molar refractivity (Wildman–Crippen MR) is 58.8 cm³/mol. The van der Waals surface area contributed by atoms with Crippen molar-refractivity contribution in [1.82, 2.24) is 10.6 Å². The van der Waals surface area contributed by atoms with Gasteiger partial charge in [0.1, 0.15) is 6.61 Å². The highest BCUT2D eigenvalue weighted by atomic mass is 16.6. The molecule has 0 spiro atoms. The van der Waals surface area contributed by atoms with Crippen molar-refractivity contribution in [2.24, 2.45) is 0 Å². The summed E-state index contributed by atoms with van der Waals surface area (Å²) in [6.45, 7) is -0.204. The molecule has 7 heteroatoms. The standard InChI is InChI=1S/C10H18N2O5/c13-5-6-17-10(16)12-8-3-1-7(2-4-8)11-9(14)15/h7-8,11,13H,1-6H2,(H,12,16)(H,14,15)/t7-,8-. The van der Waals surface area contributed by atoms with Gasteiger partial charge in [-0.3, -0.25) is 0 Å². The Hall–Kier alpha value is -1.50. The highest BCUT2D eigenvalue weighted by Gasteiger charge is 2.23. The number of aliphatic hydroxyl groups is 1. The van der Waals surface area contributed by atoms with Gasteiger partial charge in [-0.15, -0.1) is 0 Å². The highest BCUT2D eigenvalue weighted by Crippen LogP contribution is 2.18. The molecule has 0 aromatic heterocycles. The van der Waals surface area contributed by atoms with E-state index in [-0.39, 0.29) is 25.3 Å². The lowest BCUT2D eigenvalue weighted by molar-refractivity contribution is 0.113. The van der Waals surface area contributed by atoms with Gasteiger partial charge in [-0.05, 0) is 25.7 Å². The van der Waals surface area contributed by atoms with Crippen molar-refractivity contribution in [1.29, 1.82) is 0 Å². The van der Waals surface area contributed by atoms with E-state index in [9.17, 15) is 9.59 Å². The van der Waals surface area contributed by atoms with Crippen LogP contribution < -0.4 is 10.6 Å². The lowest BCUT2D eigenvalue weighted by atomic mass is 9.91. The number of hydrogen-bond donors (Lipinski definition) is 4. The summed E-state index contributed by atoms with van der Waals surface area (Å²) >= 11 is 0. The molecular weight excluding hydrogens is 228 g/mol. The van der Waals surface area contributed by atoms with E-state index in [2.05, 4.69) is 15.4 Å². The third-order valence-electron chi connectivity index (χ3n) is 2.70. The summed E-state index contributed by atoms with van der Waals surface area (Å²) in [6.07, 6.45) is 1.31. The summed E-state index contributed by atoms with van der Waals surface area (Å²) in [4.78, 5) is 21.6. The quantitative estimate of drug-likeness (QED) is 0.570. The van der Waals surface area contributed by atoms with Gasteiger partial charge in [-0.1, -0.05) is 0 Å². The molecule has 1 aliphatic carbocycles. The molecule has 1 saturated carbocycles. The molecular formula is C10H18N2O5. The van der Waals surface area contributed by atoms with E-state index < -0.39 is 12.2 Å². The lowest BCUT2D eigenvalue weighted by Gasteiger charge is -2.28. The second-order valence-electron chi connectivity index (χ2n) is 4.00. The minimum atomic E-state index is -1.01. The average Bonchev–Trinajstić information content (AvgIpc) is 2.28. The first-order valence-corrected chi connectivity index (χ1v) is 5.65. The molecule has 1 aliphatic rings. The number of nitrogens with one attached hydrogen (secondary N) is 2. The summed E-state index contributed by atoms with van der Waals surface area (Å²) < 4.78 is 4.68. The summed E-state index contributed by atoms with van der Waals surface area (Å²) in [5.74, 6) is 0. The Labute approximate surface area is 99.1 Å². The molecule has 0 aromatic rings. The number of amides is 2. The largest absolute Gasteiger partial charge is 0.465 e. The van der Waals surface area contributed by atoms with E-state index in [1.54, 1.807) is 0 Å². The zero-order valence-electron chi connectivity index (χ0n) is 9.52. The van der Waals surface area contributed by atoms with Crippen molar-refractivity contribution >= 4 is 12.2 Å². The molecule has 17 heavy (non-hydrogen) atoms. The number of alkyl carbamates (subject to hydrolysis) is 1. The van der Waals surface area contributed by atoms with Gasteiger partial charge >= 0.3 is 12.2 Å². The average molecular weight is 246 g/mol. The molecule has 2 amide bonds. The van der Waals surface area contributed by atoms with Crippen LogP contribution in [0.3, 0.4) is 0 Å². The first-order valence-electron chi connectivity index (χ1n) is 5.65. The minimum Gasteiger partial charge on any atom is -0.465 e. The van der Waals surface area contributed by atoms with Gasteiger partial charge in [-0.2, -0.15) is 0 Å². The fraction of sp³-hybridized carbons (Fsp3) is 0.800. The van der Waals surface area contributed by atoms with Gasteiger partial charge in [0, 0.05) is 12.1 Å². The van der Waals surface area contributed by atoms with Crippen molar-refractivity contribution in [2.45, 2.75) is 37.8 Å². The van der Waals surface area contributed by atoms with Crippen LogP contribution in [0.2, 0.25) is 0 Å². The van der Waals surface area contributed by atoms with Gasteiger partial charge in [0.2, 0.25) is 0 Å². The maximum Gasteiger partial charge on any atom is 0.407 e. The van der Waals surface area contributed by atoms with Crippen LogP contribution in [0, 0.1) is 0 Å². The molecule has 98 valence electrons. The molecule has 0 heterocycles. The van der Waals surface area contributed by atoms with Crippen LogP contribution in [0.4, 0.5) is 9.59 Å². The van der Waals surface area contributed by atoms with Gasteiger partial charge in [-0.25, -0.2) is 9.59 Å². The fourth-order valence-corrected chi connectivity index (χ4v) is 1.90. The third-order valence-corrected chi connectivity index (χ3v) is 2.70. The van der Waals surface area contributed by atoms with E-state index in [0.717, 1.165) is 12.8 Å². The molecule has 1 rings (SSSR count). The molecule has 0 bridgehead atoms. The first-order chi connectivity index (χ1) is 8.11. The van der Waals surface area contributed by atoms with Crippen LogP contribution in [0.15, 0.2) is 0 Å². The molecule has 0 saturated heterocycles. The topological polar surface area (TPSA) is 108 Å². The van der Waals surface area contributed by atoms with Gasteiger partial charge in [0.05, 0.1) is 6.61 Å². The molecule has 4 N–H and O–H groups in total. The summed E-state index contributed by atoms with van der Waals surface area (Å²) in [5.41, 5.74) is 0. The number of rotatable bonds is 4. The van der Waals surface area contributed by atoms with E-state index in [4.69, 9.17) is 10.2 Å². The van der Waals surface area contributed by atoms with Crippen LogP contribution >= 0.6 is 0 Å². The van der Waals surface area contributed by atoms with E-state index in [1.165, 1.54) is 0 Å². The molecule has 0 unspecified atom stereocenters. The maximum absolute atomic E-state index is 11.2. The van der Waals surface area contributed by atoms with Crippen molar-refractivity contribution < 1.29 is 24.5 Å². The van der Waals surface area contributed by atoms with Crippen molar-refractivity contribution in [3.05, 3.63) is 0 Å². The Morgan fingerprint density at radius 3 is 2.12 bits per heavy atom. The number of hydrogen-bond acceptors (Lipinski definition) is 4. The smallest absolute Gasteiger partial charge is 0.407 e. The SMILES string of the molecule is O=C(O)N[C@H]1CC[C@H](NC(=O)OCCO)CC1. The van der Waals surface area contributed by atoms with Gasteiger partial charge < -0.3 is 25.6 Å². The van der Waals surface area contributed by atoms with E-state index >= 15 is 0 Å². The Bertz CT molecular complexity index is 263. The Morgan fingerprint density at radius 1 is 1.12 bits per heavy atom. The Balaban J connectivity index is 2.18. The van der Waals surface area contributed by atoms with Gasteiger partial charge in [0.15, 0.2) is 0 Å². The minimum absolute atomic E-state index is 0.0122. The van der Waals surface area contributed by atoms with Crippen LogP contribution in [-0.4, -0.2) is 47.7 Å². The lowest BCUT2D eigenvalue weighted by Crippen LogP contribution is -2.43. The Morgan fingerprint density at radius 2 is 1.65 bits per heavy atom. The van der Waals surface area contributed by atoms with Crippen LogP contribution in [0.25, 0.3) is 0 Å². The number of aliphatic hydroxyl groups excluding tert-OH is 1. The molecule has 0 atom stereocenters. The summed E-state index contributed by atoms with van der Waals surface area (Å²) in [6, 6.07) is -0.00736. The van der Waals surface area contributed by atoms with Crippen molar-refractivity contribution in [3.8, 4) is 0 Å².